The lowest BCUT2D eigenvalue weighted by atomic mass is 10.3. The van der Waals surface area contributed by atoms with Crippen LogP contribution in [0.15, 0.2) is 47.0 Å². The Hall–Kier alpha value is -2.36. The summed E-state index contributed by atoms with van der Waals surface area (Å²) in [4.78, 5) is 8.29. The minimum Gasteiger partial charge on any atom is -0.505 e. The van der Waals surface area contributed by atoms with Crippen LogP contribution in [0.4, 0.5) is 0 Å². The van der Waals surface area contributed by atoms with Crippen molar-refractivity contribution in [2.24, 2.45) is 0 Å². The first-order valence-electron chi connectivity index (χ1n) is 4.84. The van der Waals surface area contributed by atoms with Crippen LogP contribution in [0, 0.1) is 0 Å². The number of aromatic nitrogens is 2. The molecule has 0 atom stereocenters. The van der Waals surface area contributed by atoms with E-state index < -0.39 is 0 Å². The summed E-state index contributed by atoms with van der Waals surface area (Å²) in [6.07, 6.45) is 1.59. The van der Waals surface area contributed by atoms with Crippen LogP contribution in [0.2, 0.25) is 0 Å². The first kappa shape index (κ1) is 8.91. The number of nitrogens with zero attached hydrogens (tertiary/aromatic N) is 2. The number of para-hydroxylation sites is 2. The SMILES string of the molecule is Oc1cccnc1-c1nc2ccccc2o1. The van der Waals surface area contributed by atoms with Gasteiger partial charge in [-0.2, -0.15) is 0 Å². The summed E-state index contributed by atoms with van der Waals surface area (Å²) < 4.78 is 5.50. The molecule has 0 spiro atoms. The molecule has 0 aliphatic rings. The van der Waals surface area contributed by atoms with Crippen LogP contribution in [-0.4, -0.2) is 15.1 Å². The van der Waals surface area contributed by atoms with Gasteiger partial charge in [0, 0.05) is 6.20 Å². The Kier molecular flexibility index (Phi) is 1.86. The zero-order valence-electron chi connectivity index (χ0n) is 8.29. The van der Waals surface area contributed by atoms with E-state index in [1.54, 1.807) is 18.3 Å². The fourth-order valence-corrected chi connectivity index (χ4v) is 1.54. The van der Waals surface area contributed by atoms with E-state index in [-0.39, 0.29) is 5.75 Å². The van der Waals surface area contributed by atoms with Crippen LogP contribution in [-0.2, 0) is 0 Å². The third-order valence-corrected chi connectivity index (χ3v) is 2.28. The molecule has 1 aromatic carbocycles. The molecule has 0 radical (unpaired) electrons. The first-order chi connectivity index (χ1) is 7.84. The highest BCUT2D eigenvalue weighted by atomic mass is 16.4. The number of hydrogen-bond acceptors (Lipinski definition) is 4. The van der Waals surface area contributed by atoms with Crippen molar-refractivity contribution < 1.29 is 9.52 Å². The fourth-order valence-electron chi connectivity index (χ4n) is 1.54. The third kappa shape index (κ3) is 1.32. The van der Waals surface area contributed by atoms with E-state index in [1.807, 2.05) is 24.3 Å². The Morgan fingerprint density at radius 2 is 1.94 bits per heavy atom. The van der Waals surface area contributed by atoms with Crippen LogP contribution >= 0.6 is 0 Å². The number of aromatic hydroxyl groups is 1. The van der Waals surface area contributed by atoms with Gasteiger partial charge in [-0.1, -0.05) is 12.1 Å². The number of oxazole rings is 1. The van der Waals surface area contributed by atoms with Crippen molar-refractivity contribution in [1.82, 2.24) is 9.97 Å². The lowest BCUT2D eigenvalue weighted by Crippen LogP contribution is -1.82. The van der Waals surface area contributed by atoms with E-state index >= 15 is 0 Å². The largest absolute Gasteiger partial charge is 0.505 e. The van der Waals surface area contributed by atoms with Crippen molar-refractivity contribution in [2.75, 3.05) is 0 Å². The summed E-state index contributed by atoms with van der Waals surface area (Å²) >= 11 is 0. The van der Waals surface area contributed by atoms with Gasteiger partial charge in [-0.15, -0.1) is 0 Å². The summed E-state index contributed by atoms with van der Waals surface area (Å²) in [6, 6.07) is 10.6. The molecular weight excluding hydrogens is 204 g/mol. The molecule has 0 amide bonds. The molecule has 0 bridgehead atoms. The molecule has 0 unspecified atom stereocenters. The predicted molar refractivity (Wildman–Crippen MR) is 58.9 cm³/mol. The summed E-state index contributed by atoms with van der Waals surface area (Å²) in [7, 11) is 0. The number of hydrogen-bond donors (Lipinski definition) is 1. The highest BCUT2D eigenvalue weighted by Gasteiger charge is 2.12. The molecule has 0 aliphatic heterocycles. The number of pyridine rings is 1. The van der Waals surface area contributed by atoms with E-state index in [9.17, 15) is 5.11 Å². The second-order valence-corrected chi connectivity index (χ2v) is 3.36. The first-order valence-corrected chi connectivity index (χ1v) is 4.84. The smallest absolute Gasteiger partial charge is 0.250 e. The van der Waals surface area contributed by atoms with Gasteiger partial charge in [0.05, 0.1) is 0 Å². The standard InChI is InChI=1S/C12H8N2O2/c15-9-5-3-7-13-11(9)12-14-8-4-1-2-6-10(8)16-12/h1-7,15H. The zero-order valence-corrected chi connectivity index (χ0v) is 8.29. The van der Waals surface area contributed by atoms with Crippen molar-refractivity contribution >= 4 is 11.1 Å². The van der Waals surface area contributed by atoms with E-state index in [2.05, 4.69) is 9.97 Å². The van der Waals surface area contributed by atoms with E-state index in [0.717, 1.165) is 5.52 Å². The van der Waals surface area contributed by atoms with Crippen LogP contribution in [0.5, 0.6) is 5.75 Å². The molecule has 4 nitrogen and oxygen atoms in total. The maximum absolute atomic E-state index is 9.63. The van der Waals surface area contributed by atoms with Gasteiger partial charge in [0.15, 0.2) is 11.3 Å². The second kappa shape index (κ2) is 3.34. The summed E-state index contributed by atoms with van der Waals surface area (Å²) in [6.45, 7) is 0. The van der Waals surface area contributed by atoms with Crippen LogP contribution in [0.1, 0.15) is 0 Å². The predicted octanol–water partition coefficient (Wildman–Crippen LogP) is 2.60. The van der Waals surface area contributed by atoms with E-state index in [1.165, 1.54) is 0 Å². The molecule has 0 aliphatic carbocycles. The summed E-state index contributed by atoms with van der Waals surface area (Å²) in [5.74, 6) is 0.397. The van der Waals surface area contributed by atoms with Crippen molar-refractivity contribution in [2.45, 2.75) is 0 Å². The maximum atomic E-state index is 9.63. The Labute approximate surface area is 91.2 Å². The highest BCUT2D eigenvalue weighted by Crippen LogP contribution is 2.28. The maximum Gasteiger partial charge on any atom is 0.250 e. The molecule has 1 N–H and O–H groups in total. The average molecular weight is 212 g/mol. The molecule has 16 heavy (non-hydrogen) atoms. The van der Waals surface area contributed by atoms with Crippen LogP contribution < -0.4 is 0 Å². The molecule has 4 heteroatoms. The normalized spacial score (nSPS) is 10.8. The molecule has 0 saturated heterocycles. The molecule has 3 rings (SSSR count). The van der Waals surface area contributed by atoms with Gasteiger partial charge in [-0.05, 0) is 24.3 Å². The van der Waals surface area contributed by atoms with Crippen molar-refractivity contribution in [3.8, 4) is 17.3 Å². The van der Waals surface area contributed by atoms with Gasteiger partial charge < -0.3 is 9.52 Å². The van der Waals surface area contributed by atoms with Crippen molar-refractivity contribution in [1.29, 1.82) is 0 Å². The molecule has 2 heterocycles. The summed E-state index contributed by atoms with van der Waals surface area (Å²) in [5, 5.41) is 9.63. The molecule has 2 aromatic heterocycles. The molecule has 0 saturated carbocycles. The minimum atomic E-state index is 0.0639. The topological polar surface area (TPSA) is 59.2 Å². The second-order valence-electron chi connectivity index (χ2n) is 3.36. The third-order valence-electron chi connectivity index (χ3n) is 2.28. The Bertz CT molecular complexity index is 613. The molecule has 3 aromatic rings. The van der Waals surface area contributed by atoms with Gasteiger partial charge in [0.1, 0.15) is 11.3 Å². The Morgan fingerprint density at radius 1 is 1.06 bits per heavy atom. The quantitative estimate of drug-likeness (QED) is 0.673. The number of benzene rings is 1. The Balaban J connectivity index is 2.23. The highest BCUT2D eigenvalue weighted by molar-refractivity contribution is 5.76. The lowest BCUT2D eigenvalue weighted by molar-refractivity contribution is 0.471. The van der Waals surface area contributed by atoms with Gasteiger partial charge in [0.2, 0.25) is 5.89 Å². The van der Waals surface area contributed by atoms with Crippen molar-refractivity contribution in [3.05, 3.63) is 42.6 Å². The monoisotopic (exact) mass is 212 g/mol. The molecule has 0 fully saturated rings. The van der Waals surface area contributed by atoms with E-state index in [4.69, 9.17) is 4.42 Å². The fraction of sp³-hybridized carbons (Fsp3) is 0. The van der Waals surface area contributed by atoms with Gasteiger partial charge in [-0.25, -0.2) is 9.97 Å². The van der Waals surface area contributed by atoms with E-state index in [0.29, 0.717) is 17.2 Å². The summed E-state index contributed by atoms with van der Waals surface area (Å²) in [5.41, 5.74) is 1.80. The minimum absolute atomic E-state index is 0.0639. The Morgan fingerprint density at radius 3 is 2.75 bits per heavy atom. The average Bonchev–Trinajstić information content (AvgIpc) is 2.73. The number of fused-ring (bicyclic) bond motifs is 1. The number of rotatable bonds is 1. The van der Waals surface area contributed by atoms with Crippen LogP contribution in [0.25, 0.3) is 22.7 Å². The molecular formula is C12H8N2O2. The van der Waals surface area contributed by atoms with Gasteiger partial charge >= 0.3 is 0 Å². The van der Waals surface area contributed by atoms with Gasteiger partial charge in [0.25, 0.3) is 0 Å². The zero-order chi connectivity index (χ0) is 11.0. The van der Waals surface area contributed by atoms with Gasteiger partial charge in [-0.3, -0.25) is 0 Å². The van der Waals surface area contributed by atoms with Crippen LogP contribution in [0.3, 0.4) is 0 Å². The molecule has 78 valence electrons. The van der Waals surface area contributed by atoms with Crippen molar-refractivity contribution in [3.63, 3.8) is 0 Å². The lowest BCUT2D eigenvalue weighted by Gasteiger charge is -1.96.